The Morgan fingerprint density at radius 2 is 1.61 bits per heavy atom. The Bertz CT molecular complexity index is 1190. The van der Waals surface area contributed by atoms with Gasteiger partial charge in [-0.3, -0.25) is 0 Å². The van der Waals surface area contributed by atoms with Gasteiger partial charge in [-0.25, -0.2) is 4.79 Å². The molecule has 1 fully saturated rings. The fourth-order valence-corrected chi connectivity index (χ4v) is 9.37. The number of allylic oxidation sites excluding steroid dienone is 2. The number of unbranched alkanes of at least 4 members (excludes halogenated alkanes) is 1. The molecular formula is C40H68O4Si2. The van der Waals surface area contributed by atoms with Gasteiger partial charge in [-0.15, -0.1) is 0 Å². The zero-order valence-electron chi connectivity index (χ0n) is 31.8. The lowest BCUT2D eigenvalue weighted by atomic mass is 9.88. The van der Waals surface area contributed by atoms with Crippen molar-refractivity contribution < 1.29 is 18.4 Å². The second kappa shape index (κ2) is 15.8. The Kier molecular flexibility index (Phi) is 13.4. The van der Waals surface area contributed by atoms with Crippen LogP contribution < -0.4 is 0 Å². The van der Waals surface area contributed by atoms with Crippen LogP contribution in [0.1, 0.15) is 116 Å². The summed E-state index contributed by atoms with van der Waals surface area (Å²) < 4.78 is 19.2. The Balaban J connectivity index is 1.83. The molecule has 1 saturated carbocycles. The van der Waals surface area contributed by atoms with Crippen LogP contribution in [0.25, 0.3) is 0 Å². The molecule has 2 aliphatic rings. The fourth-order valence-electron chi connectivity index (χ4n) is 6.72. The molecule has 6 atom stereocenters. The van der Waals surface area contributed by atoms with E-state index < -0.39 is 16.6 Å². The van der Waals surface area contributed by atoms with Crippen LogP contribution in [0.15, 0.2) is 48.1 Å². The van der Waals surface area contributed by atoms with E-state index in [-0.39, 0.29) is 28.3 Å². The standard InChI is InChI=1S/C40H68O4Si2/c1-14-15-16-29(2)25-34(43-45(10,11)39(3,4)5)23-24-35-36-27-31(18-17-30-19-21-32(22-20-30)38(41)42-9)26-33(36)28-37(35)44-46(12,13)40(6,7)8/h19-24,26,29,33-37H,14-18,25,27-28H2,1-13H3/b24-23+/t29-,33-,34+,35+,36-,37+/m0/s1. The van der Waals surface area contributed by atoms with Crippen LogP contribution in [0.4, 0.5) is 0 Å². The van der Waals surface area contributed by atoms with Gasteiger partial charge in [0.05, 0.1) is 24.9 Å². The third-order valence-electron chi connectivity index (χ3n) is 11.8. The Morgan fingerprint density at radius 1 is 0.978 bits per heavy atom. The maximum absolute atomic E-state index is 11.9. The van der Waals surface area contributed by atoms with E-state index in [1.54, 1.807) is 5.57 Å². The Morgan fingerprint density at radius 3 is 2.17 bits per heavy atom. The molecule has 6 heteroatoms. The van der Waals surface area contributed by atoms with E-state index in [2.05, 4.69) is 112 Å². The highest BCUT2D eigenvalue weighted by molar-refractivity contribution is 6.74. The van der Waals surface area contributed by atoms with Gasteiger partial charge in [0.25, 0.3) is 0 Å². The fraction of sp³-hybridized carbons (Fsp3) is 0.725. The highest BCUT2D eigenvalue weighted by Gasteiger charge is 2.49. The van der Waals surface area contributed by atoms with E-state index >= 15 is 0 Å². The van der Waals surface area contributed by atoms with Crippen molar-refractivity contribution in [2.75, 3.05) is 7.11 Å². The van der Waals surface area contributed by atoms with Crippen molar-refractivity contribution in [2.45, 2.75) is 155 Å². The molecule has 0 amide bonds. The molecule has 2 aliphatic carbocycles. The first-order chi connectivity index (χ1) is 21.3. The van der Waals surface area contributed by atoms with Crippen molar-refractivity contribution in [3.8, 4) is 0 Å². The second-order valence-corrected chi connectivity index (χ2v) is 27.1. The third kappa shape index (κ3) is 10.3. The average Bonchev–Trinajstić information content (AvgIpc) is 3.48. The van der Waals surface area contributed by atoms with Crippen LogP contribution in [0, 0.1) is 23.7 Å². The van der Waals surface area contributed by atoms with Crippen LogP contribution >= 0.6 is 0 Å². The predicted molar refractivity (Wildman–Crippen MR) is 200 cm³/mol. The summed E-state index contributed by atoms with van der Waals surface area (Å²) in [7, 11) is -2.42. The molecule has 1 aromatic carbocycles. The quantitative estimate of drug-likeness (QED) is 0.106. The molecule has 3 rings (SSSR count). The van der Waals surface area contributed by atoms with Gasteiger partial charge in [0.2, 0.25) is 0 Å². The molecule has 0 unspecified atom stereocenters. The molecule has 0 N–H and O–H groups in total. The summed E-state index contributed by atoms with van der Waals surface area (Å²) in [6.07, 6.45) is 17.3. The lowest BCUT2D eigenvalue weighted by Crippen LogP contribution is -2.45. The number of carbonyl (C=O) groups is 1. The Labute approximate surface area is 285 Å². The number of benzene rings is 1. The smallest absolute Gasteiger partial charge is 0.337 e. The van der Waals surface area contributed by atoms with Gasteiger partial charge in [0.1, 0.15) is 0 Å². The largest absolute Gasteiger partial charge is 0.465 e. The Hall–Kier alpha value is -1.48. The van der Waals surface area contributed by atoms with Crippen molar-refractivity contribution in [2.24, 2.45) is 23.7 Å². The summed E-state index contributed by atoms with van der Waals surface area (Å²) in [4.78, 5) is 11.9. The third-order valence-corrected chi connectivity index (χ3v) is 20.8. The molecule has 0 saturated heterocycles. The molecule has 1 aromatic rings. The highest BCUT2D eigenvalue weighted by atomic mass is 28.4. The van der Waals surface area contributed by atoms with Crippen LogP contribution in [0.2, 0.25) is 36.3 Å². The topological polar surface area (TPSA) is 44.8 Å². The van der Waals surface area contributed by atoms with Crippen molar-refractivity contribution >= 4 is 22.6 Å². The normalized spacial score (nSPS) is 23.8. The molecule has 0 aromatic heterocycles. The molecule has 0 aliphatic heterocycles. The van der Waals surface area contributed by atoms with Gasteiger partial charge in [-0.1, -0.05) is 111 Å². The monoisotopic (exact) mass is 668 g/mol. The zero-order chi connectivity index (χ0) is 34.5. The molecule has 260 valence electrons. The number of rotatable bonds is 15. The summed E-state index contributed by atoms with van der Waals surface area (Å²) in [6.45, 7) is 28.4. The van der Waals surface area contributed by atoms with Crippen LogP contribution in [-0.4, -0.2) is 41.9 Å². The minimum absolute atomic E-state index is 0.155. The number of methoxy groups -OCH3 is 1. The molecule has 46 heavy (non-hydrogen) atoms. The van der Waals surface area contributed by atoms with Gasteiger partial charge >= 0.3 is 5.97 Å². The molecule has 4 nitrogen and oxygen atoms in total. The summed E-state index contributed by atoms with van der Waals surface area (Å²) in [5.41, 5.74) is 3.46. The number of hydrogen-bond donors (Lipinski definition) is 0. The maximum atomic E-state index is 11.9. The molecule has 0 bridgehead atoms. The van der Waals surface area contributed by atoms with E-state index in [9.17, 15) is 4.79 Å². The molecule has 0 spiro atoms. The first-order valence-corrected chi connectivity index (χ1v) is 24.0. The van der Waals surface area contributed by atoms with Gasteiger partial charge < -0.3 is 13.6 Å². The maximum Gasteiger partial charge on any atom is 0.337 e. The van der Waals surface area contributed by atoms with Crippen molar-refractivity contribution in [3.05, 3.63) is 59.2 Å². The average molecular weight is 669 g/mol. The number of ether oxygens (including phenoxy) is 1. The van der Waals surface area contributed by atoms with Crippen molar-refractivity contribution in [1.82, 2.24) is 0 Å². The van der Waals surface area contributed by atoms with E-state index in [0.29, 0.717) is 29.2 Å². The highest BCUT2D eigenvalue weighted by Crippen LogP contribution is 2.51. The molecular weight excluding hydrogens is 601 g/mol. The number of hydrogen-bond acceptors (Lipinski definition) is 4. The summed E-state index contributed by atoms with van der Waals surface area (Å²) >= 11 is 0. The number of esters is 1. The van der Waals surface area contributed by atoms with Crippen LogP contribution in [0.3, 0.4) is 0 Å². The van der Waals surface area contributed by atoms with E-state index in [1.807, 2.05) is 12.1 Å². The molecule has 0 radical (unpaired) electrons. The summed E-state index contributed by atoms with van der Waals surface area (Å²) in [5, 5.41) is 0.369. The number of carbonyl (C=O) groups excluding carboxylic acids is 1. The number of fused-ring (bicyclic) bond motifs is 1. The van der Waals surface area contributed by atoms with E-state index in [0.717, 1.165) is 32.1 Å². The van der Waals surface area contributed by atoms with Gasteiger partial charge in [-0.2, -0.15) is 0 Å². The number of aryl methyl sites for hydroxylation is 1. The van der Waals surface area contributed by atoms with Gasteiger partial charge in [0.15, 0.2) is 16.6 Å². The summed E-state index contributed by atoms with van der Waals surface area (Å²) in [5.74, 6) is 1.94. The van der Waals surface area contributed by atoms with Gasteiger partial charge in [0, 0.05) is 5.92 Å². The second-order valence-electron chi connectivity index (χ2n) is 17.6. The van der Waals surface area contributed by atoms with Crippen molar-refractivity contribution in [1.29, 1.82) is 0 Å². The van der Waals surface area contributed by atoms with Gasteiger partial charge in [-0.05, 0) is 104 Å². The van der Waals surface area contributed by atoms with E-state index in [4.69, 9.17) is 13.6 Å². The first-order valence-electron chi connectivity index (χ1n) is 18.2. The minimum atomic E-state index is -1.93. The SMILES string of the molecule is CCCC[C@H](C)C[C@@H](/C=C/[C@@H]1[C@H]2CC(CCc3ccc(C(=O)OC)cc3)=C[C@H]2C[C@H]1O[Si](C)(C)C(C)(C)C)O[Si](C)(C)C(C)(C)C. The minimum Gasteiger partial charge on any atom is -0.465 e. The predicted octanol–water partition coefficient (Wildman–Crippen LogP) is 11.5. The van der Waals surface area contributed by atoms with Crippen molar-refractivity contribution in [3.63, 3.8) is 0 Å². The molecule has 0 heterocycles. The zero-order valence-corrected chi connectivity index (χ0v) is 33.8. The lowest BCUT2D eigenvalue weighted by molar-refractivity contribution is 0.0600. The first kappa shape index (κ1) is 39.0. The van der Waals surface area contributed by atoms with Crippen LogP contribution in [-0.2, 0) is 20.0 Å². The van der Waals surface area contributed by atoms with Crippen LogP contribution in [0.5, 0.6) is 0 Å². The van der Waals surface area contributed by atoms with E-state index in [1.165, 1.54) is 31.9 Å². The lowest BCUT2D eigenvalue weighted by Gasteiger charge is -2.40. The summed E-state index contributed by atoms with van der Waals surface area (Å²) in [6, 6.07) is 7.91.